The SMILES string of the molecule is O=C(O)C(F)(F)F.O[C@@H](CNc1cc(-c2ccc(C(F)(F)F)c(Cl)c2)nc(N2CCC2)n1)c1ccccc1. The molecule has 0 bridgehead atoms. The number of hydrogen-bond acceptors (Lipinski definition) is 6. The smallest absolute Gasteiger partial charge is 0.475 e. The first-order chi connectivity index (χ1) is 17.8. The van der Waals surface area contributed by atoms with Gasteiger partial charge in [-0.15, -0.1) is 0 Å². The van der Waals surface area contributed by atoms with E-state index in [9.17, 15) is 31.4 Å². The van der Waals surface area contributed by atoms with Crippen molar-refractivity contribution in [1.82, 2.24) is 9.97 Å². The van der Waals surface area contributed by atoms with E-state index in [-0.39, 0.29) is 11.6 Å². The molecular formula is C24H21ClF6N4O3. The molecule has 1 aliphatic heterocycles. The molecule has 4 rings (SSSR count). The minimum absolute atomic E-state index is 0.216. The van der Waals surface area contributed by atoms with Crippen molar-refractivity contribution < 1.29 is 41.4 Å². The van der Waals surface area contributed by atoms with E-state index in [0.29, 0.717) is 23.0 Å². The molecule has 0 spiro atoms. The third-order valence-corrected chi connectivity index (χ3v) is 5.64. The van der Waals surface area contributed by atoms with Crippen LogP contribution in [-0.2, 0) is 11.0 Å². The molecule has 204 valence electrons. The number of aliphatic hydroxyl groups is 1. The summed E-state index contributed by atoms with van der Waals surface area (Å²) in [6.07, 6.45) is -9.33. The molecule has 0 unspecified atom stereocenters. The van der Waals surface area contributed by atoms with Gasteiger partial charge in [-0.1, -0.05) is 48.0 Å². The van der Waals surface area contributed by atoms with E-state index in [1.807, 2.05) is 35.2 Å². The normalized spacial score (nSPS) is 14.2. The number of carbonyl (C=O) groups is 1. The predicted octanol–water partition coefficient (Wildman–Crippen LogP) is 5.80. The summed E-state index contributed by atoms with van der Waals surface area (Å²) in [5.41, 5.74) is 0.777. The topological polar surface area (TPSA) is 98.6 Å². The lowest BCUT2D eigenvalue weighted by Crippen LogP contribution is -2.38. The molecule has 1 saturated heterocycles. The lowest BCUT2D eigenvalue weighted by molar-refractivity contribution is -0.192. The fourth-order valence-corrected chi connectivity index (χ4v) is 3.52. The number of nitrogens with one attached hydrogen (secondary N) is 1. The summed E-state index contributed by atoms with van der Waals surface area (Å²) in [5.74, 6) is -1.80. The van der Waals surface area contributed by atoms with Gasteiger partial charge >= 0.3 is 18.3 Å². The molecule has 0 saturated carbocycles. The second kappa shape index (κ2) is 11.9. The van der Waals surface area contributed by atoms with Crippen molar-refractivity contribution in [3.05, 3.63) is 70.7 Å². The van der Waals surface area contributed by atoms with Gasteiger partial charge in [0.1, 0.15) is 5.82 Å². The molecule has 38 heavy (non-hydrogen) atoms. The average molecular weight is 563 g/mol. The van der Waals surface area contributed by atoms with E-state index in [1.54, 1.807) is 6.07 Å². The van der Waals surface area contributed by atoms with Gasteiger partial charge < -0.3 is 20.4 Å². The Morgan fingerprint density at radius 2 is 1.66 bits per heavy atom. The number of carboxylic acids is 1. The van der Waals surface area contributed by atoms with Crippen LogP contribution in [0.1, 0.15) is 23.7 Å². The first-order valence-corrected chi connectivity index (χ1v) is 11.4. The Hall–Kier alpha value is -3.58. The molecule has 1 atom stereocenters. The van der Waals surface area contributed by atoms with Gasteiger partial charge in [0.15, 0.2) is 0 Å². The quantitative estimate of drug-likeness (QED) is 0.326. The maximum absolute atomic E-state index is 13.0. The van der Waals surface area contributed by atoms with Crippen LogP contribution in [0.25, 0.3) is 11.3 Å². The monoisotopic (exact) mass is 562 g/mol. The highest BCUT2D eigenvalue weighted by Crippen LogP contribution is 2.37. The molecule has 1 fully saturated rings. The second-order valence-electron chi connectivity index (χ2n) is 8.08. The van der Waals surface area contributed by atoms with Crippen LogP contribution in [0.15, 0.2) is 54.6 Å². The van der Waals surface area contributed by atoms with E-state index < -0.39 is 30.0 Å². The predicted molar refractivity (Wildman–Crippen MR) is 128 cm³/mol. The summed E-state index contributed by atoms with van der Waals surface area (Å²) in [6, 6.07) is 14.4. The fourth-order valence-electron chi connectivity index (χ4n) is 3.23. The van der Waals surface area contributed by atoms with Crippen LogP contribution in [-0.4, -0.2) is 52.0 Å². The maximum Gasteiger partial charge on any atom is 0.490 e. The van der Waals surface area contributed by atoms with Gasteiger partial charge in [0.25, 0.3) is 0 Å². The summed E-state index contributed by atoms with van der Waals surface area (Å²) in [7, 11) is 0. The van der Waals surface area contributed by atoms with E-state index in [4.69, 9.17) is 21.5 Å². The Bertz CT molecular complexity index is 1250. The number of aliphatic hydroxyl groups excluding tert-OH is 1. The second-order valence-corrected chi connectivity index (χ2v) is 8.49. The first-order valence-electron chi connectivity index (χ1n) is 11.0. The standard InChI is InChI=1S/C22H20ClF3N4O.C2HF3O2/c23-17-11-15(7-8-16(17)22(24,25)26)18-12-20(29-21(28-18)30-9-4-10-30)27-13-19(31)14-5-2-1-3-6-14;3-2(4,5)1(6)7/h1-3,5-8,11-12,19,31H,4,9-10,13H2,(H,27,28,29);(H,6,7)/t19-;/m0./s1. The number of rotatable bonds is 6. The van der Waals surface area contributed by atoms with Crippen molar-refractivity contribution in [2.24, 2.45) is 0 Å². The highest BCUT2D eigenvalue weighted by atomic mass is 35.5. The van der Waals surface area contributed by atoms with Gasteiger partial charge in [-0.2, -0.15) is 31.3 Å². The van der Waals surface area contributed by atoms with Gasteiger partial charge in [0.05, 0.1) is 22.4 Å². The molecule has 2 heterocycles. The summed E-state index contributed by atoms with van der Waals surface area (Å²) in [4.78, 5) is 19.9. The van der Waals surface area contributed by atoms with E-state index in [2.05, 4.69) is 15.3 Å². The van der Waals surface area contributed by atoms with E-state index >= 15 is 0 Å². The number of carboxylic acid groups (broad SMARTS) is 1. The number of nitrogens with zero attached hydrogens (tertiary/aromatic N) is 3. The molecule has 2 aromatic carbocycles. The highest BCUT2D eigenvalue weighted by Gasteiger charge is 2.38. The van der Waals surface area contributed by atoms with Crippen LogP contribution in [0.2, 0.25) is 5.02 Å². The summed E-state index contributed by atoms with van der Waals surface area (Å²) in [6.45, 7) is 1.83. The van der Waals surface area contributed by atoms with E-state index in [0.717, 1.165) is 31.1 Å². The molecule has 1 aliphatic rings. The van der Waals surface area contributed by atoms with E-state index in [1.165, 1.54) is 12.1 Å². The summed E-state index contributed by atoms with van der Waals surface area (Å²) >= 11 is 5.89. The van der Waals surface area contributed by atoms with Crippen LogP contribution >= 0.6 is 11.6 Å². The van der Waals surface area contributed by atoms with Gasteiger partial charge in [-0.05, 0) is 24.1 Å². The zero-order valence-corrected chi connectivity index (χ0v) is 20.1. The van der Waals surface area contributed by atoms with Gasteiger partial charge in [0, 0.05) is 31.3 Å². The minimum atomic E-state index is -5.08. The molecule has 3 N–H and O–H groups in total. The van der Waals surface area contributed by atoms with Crippen molar-refractivity contribution in [1.29, 1.82) is 0 Å². The Balaban J connectivity index is 0.000000505. The van der Waals surface area contributed by atoms with Crippen LogP contribution in [0, 0.1) is 0 Å². The molecule has 0 aliphatic carbocycles. The van der Waals surface area contributed by atoms with Crippen molar-refractivity contribution >= 4 is 29.3 Å². The maximum atomic E-state index is 13.0. The van der Waals surface area contributed by atoms with Crippen LogP contribution in [0.4, 0.5) is 38.1 Å². The first kappa shape index (κ1) is 29.0. The van der Waals surface area contributed by atoms with Crippen LogP contribution < -0.4 is 10.2 Å². The lowest BCUT2D eigenvalue weighted by atomic mass is 10.1. The van der Waals surface area contributed by atoms with Gasteiger partial charge in [0.2, 0.25) is 5.95 Å². The zero-order valence-electron chi connectivity index (χ0n) is 19.4. The van der Waals surface area contributed by atoms with Crippen molar-refractivity contribution in [3.63, 3.8) is 0 Å². The third-order valence-electron chi connectivity index (χ3n) is 5.33. The van der Waals surface area contributed by atoms with Crippen LogP contribution in [0.3, 0.4) is 0 Å². The highest BCUT2D eigenvalue weighted by molar-refractivity contribution is 6.31. The molecule has 14 heteroatoms. The number of anilines is 2. The van der Waals surface area contributed by atoms with Gasteiger partial charge in [-0.25, -0.2) is 9.78 Å². The van der Waals surface area contributed by atoms with Crippen molar-refractivity contribution in [2.45, 2.75) is 24.9 Å². The van der Waals surface area contributed by atoms with Crippen molar-refractivity contribution in [3.8, 4) is 11.3 Å². The van der Waals surface area contributed by atoms with Gasteiger partial charge in [-0.3, -0.25) is 0 Å². The van der Waals surface area contributed by atoms with Crippen molar-refractivity contribution in [2.75, 3.05) is 29.9 Å². The summed E-state index contributed by atoms with van der Waals surface area (Å²) in [5, 5.41) is 20.3. The molecular weight excluding hydrogens is 542 g/mol. The largest absolute Gasteiger partial charge is 0.490 e. The Labute approximate surface area is 217 Å². The molecule has 3 aromatic rings. The van der Waals surface area contributed by atoms with Crippen LogP contribution in [0.5, 0.6) is 0 Å². The minimum Gasteiger partial charge on any atom is -0.475 e. The summed E-state index contributed by atoms with van der Waals surface area (Å²) < 4.78 is 70.8. The molecule has 0 radical (unpaired) electrons. The Morgan fingerprint density at radius 3 is 2.16 bits per heavy atom. The number of hydrogen-bond donors (Lipinski definition) is 3. The number of halogens is 7. The third kappa shape index (κ3) is 7.71. The Morgan fingerprint density at radius 1 is 1.03 bits per heavy atom. The number of alkyl halides is 6. The zero-order chi connectivity index (χ0) is 28.1. The lowest BCUT2D eigenvalue weighted by Gasteiger charge is -2.31. The number of aromatic nitrogens is 2. The molecule has 1 aromatic heterocycles. The number of aliphatic carboxylic acids is 1. The Kier molecular flexibility index (Phi) is 9.05. The number of benzene rings is 2. The average Bonchev–Trinajstić information content (AvgIpc) is 2.81. The molecule has 0 amide bonds. The molecule has 7 nitrogen and oxygen atoms in total. The fraction of sp³-hybridized carbons (Fsp3) is 0.292.